The maximum Gasteiger partial charge on any atom is 0.251 e. The molecule has 5 rings (SSSR count). The summed E-state index contributed by atoms with van der Waals surface area (Å²) >= 11 is 0. The molecule has 3 aromatic rings. The number of carbonyl (C=O) groups is 1. The van der Waals surface area contributed by atoms with E-state index in [2.05, 4.69) is 15.6 Å². The van der Waals surface area contributed by atoms with Crippen molar-refractivity contribution in [3.63, 3.8) is 0 Å². The van der Waals surface area contributed by atoms with E-state index < -0.39 is 0 Å². The summed E-state index contributed by atoms with van der Waals surface area (Å²) in [6, 6.07) is 9.05. The van der Waals surface area contributed by atoms with Crippen LogP contribution in [0.15, 0.2) is 36.5 Å². The van der Waals surface area contributed by atoms with E-state index in [1.165, 1.54) is 6.07 Å². The van der Waals surface area contributed by atoms with Crippen molar-refractivity contribution in [2.75, 3.05) is 19.7 Å². The van der Waals surface area contributed by atoms with Crippen molar-refractivity contribution in [3.05, 3.63) is 64.6 Å². The van der Waals surface area contributed by atoms with E-state index in [0.717, 1.165) is 71.1 Å². The molecule has 0 bridgehead atoms. The number of halogens is 1. The third kappa shape index (κ3) is 3.49. The monoisotopic (exact) mass is 393 g/mol. The number of carbonyl (C=O) groups excluding carboxylic acids is 1. The number of fused-ring (bicyclic) bond motifs is 4. The first-order chi connectivity index (χ1) is 14.2. The van der Waals surface area contributed by atoms with Gasteiger partial charge in [0.15, 0.2) is 0 Å². The van der Waals surface area contributed by atoms with Crippen molar-refractivity contribution in [2.24, 2.45) is 0 Å². The van der Waals surface area contributed by atoms with Crippen LogP contribution in [0.3, 0.4) is 0 Å². The average Bonchev–Trinajstić information content (AvgIpc) is 3.13. The average molecular weight is 393 g/mol. The molecular weight excluding hydrogens is 369 g/mol. The molecule has 1 amide bonds. The summed E-state index contributed by atoms with van der Waals surface area (Å²) in [6.45, 7) is 2.14. The quantitative estimate of drug-likeness (QED) is 0.584. The molecule has 2 aliphatic rings. The molecule has 0 aliphatic carbocycles. The number of hydrogen-bond acceptors (Lipinski definition) is 3. The molecule has 2 aliphatic heterocycles. The molecule has 2 aromatic carbocycles. The molecule has 1 aromatic heterocycles. The Labute approximate surface area is 168 Å². The van der Waals surface area contributed by atoms with Gasteiger partial charge in [0.2, 0.25) is 0 Å². The number of benzene rings is 2. The van der Waals surface area contributed by atoms with Crippen LogP contribution in [0.4, 0.5) is 4.39 Å². The molecule has 1 atom stereocenters. The third-order valence-electron chi connectivity index (χ3n) is 5.94. The Kier molecular flexibility index (Phi) is 4.72. The molecule has 0 saturated carbocycles. The Hall–Kier alpha value is -2.86. The van der Waals surface area contributed by atoms with Gasteiger partial charge in [-0.2, -0.15) is 0 Å². The zero-order chi connectivity index (χ0) is 19.8. The van der Waals surface area contributed by atoms with Gasteiger partial charge in [0.1, 0.15) is 18.2 Å². The lowest BCUT2D eigenvalue weighted by molar-refractivity contribution is 0.0943. The summed E-state index contributed by atoms with van der Waals surface area (Å²) in [5.74, 6) is 0.639. The lowest BCUT2D eigenvalue weighted by Crippen LogP contribution is -2.42. The number of ether oxygens (including phenoxy) is 1. The van der Waals surface area contributed by atoms with E-state index in [1.807, 2.05) is 18.3 Å². The Morgan fingerprint density at radius 3 is 3.10 bits per heavy atom. The largest absolute Gasteiger partial charge is 0.492 e. The highest BCUT2D eigenvalue weighted by molar-refractivity contribution is 5.99. The molecule has 3 heterocycles. The van der Waals surface area contributed by atoms with E-state index in [-0.39, 0.29) is 17.8 Å². The molecule has 0 radical (unpaired) electrons. The summed E-state index contributed by atoms with van der Waals surface area (Å²) < 4.78 is 19.5. The van der Waals surface area contributed by atoms with Crippen LogP contribution in [-0.4, -0.2) is 36.6 Å². The van der Waals surface area contributed by atoms with Crippen molar-refractivity contribution < 1.29 is 13.9 Å². The van der Waals surface area contributed by atoms with Crippen molar-refractivity contribution >= 4 is 16.8 Å². The van der Waals surface area contributed by atoms with Gasteiger partial charge < -0.3 is 20.4 Å². The van der Waals surface area contributed by atoms with Gasteiger partial charge in [0.05, 0.1) is 0 Å². The Morgan fingerprint density at radius 1 is 1.24 bits per heavy atom. The van der Waals surface area contributed by atoms with Gasteiger partial charge in [-0.05, 0) is 67.6 Å². The van der Waals surface area contributed by atoms with E-state index in [0.29, 0.717) is 13.2 Å². The first kappa shape index (κ1) is 18.2. The van der Waals surface area contributed by atoms with Crippen molar-refractivity contribution in [2.45, 2.75) is 31.7 Å². The van der Waals surface area contributed by atoms with Crippen LogP contribution in [0.25, 0.3) is 10.9 Å². The molecule has 150 valence electrons. The summed E-state index contributed by atoms with van der Waals surface area (Å²) in [6.07, 6.45) is 5.45. The van der Waals surface area contributed by atoms with Crippen LogP contribution >= 0.6 is 0 Å². The number of aromatic nitrogens is 1. The molecule has 0 saturated heterocycles. The minimum atomic E-state index is -0.207. The van der Waals surface area contributed by atoms with Crippen LogP contribution in [0.2, 0.25) is 0 Å². The minimum absolute atomic E-state index is 0.0129. The molecule has 5 nitrogen and oxygen atoms in total. The number of aromatic amines is 1. The van der Waals surface area contributed by atoms with Gasteiger partial charge in [-0.1, -0.05) is 6.07 Å². The summed E-state index contributed by atoms with van der Waals surface area (Å²) in [5, 5.41) is 7.47. The second-order valence-electron chi connectivity index (χ2n) is 7.86. The van der Waals surface area contributed by atoms with E-state index >= 15 is 0 Å². The topological polar surface area (TPSA) is 66.2 Å². The summed E-state index contributed by atoms with van der Waals surface area (Å²) in [5.41, 5.74) is 5.05. The highest BCUT2D eigenvalue weighted by atomic mass is 19.1. The molecule has 3 N–H and O–H groups in total. The SMILES string of the molecule is O=C1NCCc2ccc3c(c21)CC(NCCCc1c[nH]c2ccc(F)cc12)CO3. The first-order valence-electron chi connectivity index (χ1n) is 10.2. The van der Waals surface area contributed by atoms with Gasteiger partial charge in [0.25, 0.3) is 5.91 Å². The van der Waals surface area contributed by atoms with Gasteiger partial charge in [-0.3, -0.25) is 4.79 Å². The van der Waals surface area contributed by atoms with Crippen molar-refractivity contribution in [1.29, 1.82) is 0 Å². The molecular formula is C23H24FN3O2. The predicted octanol–water partition coefficient (Wildman–Crippen LogP) is 3.12. The number of H-pyrrole nitrogens is 1. The second-order valence-corrected chi connectivity index (χ2v) is 7.86. The molecule has 1 unspecified atom stereocenters. The third-order valence-corrected chi connectivity index (χ3v) is 5.94. The Bertz CT molecular complexity index is 1080. The number of rotatable bonds is 5. The van der Waals surface area contributed by atoms with Gasteiger partial charge >= 0.3 is 0 Å². The molecule has 6 heteroatoms. The van der Waals surface area contributed by atoms with Crippen LogP contribution < -0.4 is 15.4 Å². The van der Waals surface area contributed by atoms with E-state index in [4.69, 9.17) is 4.74 Å². The number of nitrogens with one attached hydrogen (secondary N) is 3. The highest BCUT2D eigenvalue weighted by Gasteiger charge is 2.28. The van der Waals surface area contributed by atoms with Crippen LogP contribution in [-0.2, 0) is 19.3 Å². The van der Waals surface area contributed by atoms with E-state index in [1.54, 1.807) is 12.1 Å². The minimum Gasteiger partial charge on any atom is -0.492 e. The Morgan fingerprint density at radius 2 is 2.17 bits per heavy atom. The van der Waals surface area contributed by atoms with Gasteiger partial charge in [-0.25, -0.2) is 4.39 Å². The predicted molar refractivity (Wildman–Crippen MR) is 110 cm³/mol. The zero-order valence-electron chi connectivity index (χ0n) is 16.2. The van der Waals surface area contributed by atoms with Crippen LogP contribution in [0, 0.1) is 5.82 Å². The number of hydrogen-bond donors (Lipinski definition) is 3. The summed E-state index contributed by atoms with van der Waals surface area (Å²) in [4.78, 5) is 15.6. The normalized spacial score (nSPS) is 18.1. The van der Waals surface area contributed by atoms with Gasteiger partial charge in [-0.15, -0.1) is 0 Å². The molecule has 0 fully saturated rings. The van der Waals surface area contributed by atoms with Crippen LogP contribution in [0.1, 0.15) is 33.5 Å². The van der Waals surface area contributed by atoms with Crippen molar-refractivity contribution in [1.82, 2.24) is 15.6 Å². The van der Waals surface area contributed by atoms with Gasteiger partial charge in [0, 0.05) is 40.8 Å². The lowest BCUT2D eigenvalue weighted by atomic mass is 9.90. The fourth-order valence-corrected chi connectivity index (χ4v) is 4.47. The standard InChI is InChI=1S/C23H24FN3O2/c24-16-4-5-20-18(10-16)15(12-27-20)2-1-8-25-17-11-19-21(29-13-17)6-3-14-7-9-26-23(28)22(14)19/h3-6,10,12,17,25,27H,1-2,7-9,11,13H2,(H,26,28). The van der Waals surface area contributed by atoms with E-state index in [9.17, 15) is 9.18 Å². The number of amides is 1. The fourth-order valence-electron chi connectivity index (χ4n) is 4.47. The molecule has 0 spiro atoms. The van der Waals surface area contributed by atoms with Crippen LogP contribution in [0.5, 0.6) is 5.75 Å². The second kappa shape index (κ2) is 7.52. The first-order valence-corrected chi connectivity index (χ1v) is 10.2. The zero-order valence-corrected chi connectivity index (χ0v) is 16.2. The Balaban J connectivity index is 1.21. The fraction of sp³-hybridized carbons (Fsp3) is 0.348. The number of aryl methyl sites for hydroxylation is 1. The maximum absolute atomic E-state index is 13.5. The lowest BCUT2D eigenvalue weighted by Gasteiger charge is -2.30. The van der Waals surface area contributed by atoms with Crippen molar-refractivity contribution in [3.8, 4) is 5.75 Å². The molecule has 29 heavy (non-hydrogen) atoms. The smallest absolute Gasteiger partial charge is 0.251 e. The highest BCUT2D eigenvalue weighted by Crippen LogP contribution is 2.32. The summed E-state index contributed by atoms with van der Waals surface area (Å²) in [7, 11) is 0. The maximum atomic E-state index is 13.5.